The zero-order chi connectivity index (χ0) is 16.5. The van der Waals surface area contributed by atoms with Crippen LogP contribution in [0.1, 0.15) is 42.4 Å². The Morgan fingerprint density at radius 3 is 2.24 bits per heavy atom. The number of hydrogen-bond donors (Lipinski definition) is 2. The van der Waals surface area contributed by atoms with Crippen LogP contribution >= 0.6 is 0 Å². The molecule has 7 nitrogen and oxygen atoms in total. The van der Waals surface area contributed by atoms with Crippen molar-refractivity contribution in [2.75, 3.05) is 0 Å². The molecule has 2 N–H and O–H groups in total. The molecule has 1 heterocycles. The lowest BCUT2D eigenvalue weighted by molar-refractivity contribution is -0.142. The second-order valence-corrected chi connectivity index (χ2v) is 6.12. The lowest BCUT2D eigenvalue weighted by Gasteiger charge is -2.27. The van der Waals surface area contributed by atoms with Crippen molar-refractivity contribution in [1.29, 1.82) is 0 Å². The van der Waals surface area contributed by atoms with Crippen LogP contribution in [0, 0.1) is 19.3 Å². The fraction of sp³-hybridized carbons (Fsp3) is 0.571. The van der Waals surface area contributed by atoms with E-state index in [-0.39, 0.29) is 5.56 Å². The van der Waals surface area contributed by atoms with E-state index < -0.39 is 28.9 Å². The van der Waals surface area contributed by atoms with Gasteiger partial charge in [0.15, 0.2) is 0 Å². The van der Waals surface area contributed by atoms with Gasteiger partial charge in [0.1, 0.15) is 11.6 Å². The summed E-state index contributed by atoms with van der Waals surface area (Å²) in [4.78, 5) is 35.7. The predicted octanol–water partition coefficient (Wildman–Crippen LogP) is 0.626. The monoisotopic (exact) mass is 295 g/mol. The van der Waals surface area contributed by atoms with Crippen molar-refractivity contribution in [1.82, 2.24) is 15.1 Å². The van der Waals surface area contributed by atoms with Gasteiger partial charge < -0.3 is 10.4 Å². The Labute approximate surface area is 123 Å². The first kappa shape index (κ1) is 16.9. The molecule has 1 aromatic heterocycles. The van der Waals surface area contributed by atoms with Crippen LogP contribution in [-0.4, -0.2) is 32.8 Å². The zero-order valence-electron chi connectivity index (χ0n) is 13.1. The van der Waals surface area contributed by atoms with Crippen molar-refractivity contribution in [3.63, 3.8) is 0 Å². The minimum Gasteiger partial charge on any atom is -0.480 e. The SMILES string of the molecule is Cc1nn(C)c(=O)c(C(=O)N[C@H](C(=O)O)C(C)(C)C)c1C. The molecule has 0 bridgehead atoms. The maximum atomic E-state index is 12.3. The van der Waals surface area contributed by atoms with Crippen molar-refractivity contribution in [3.05, 3.63) is 27.2 Å². The first-order valence-electron chi connectivity index (χ1n) is 6.55. The summed E-state index contributed by atoms with van der Waals surface area (Å²) >= 11 is 0. The number of rotatable bonds is 3. The first-order valence-corrected chi connectivity index (χ1v) is 6.55. The molecule has 0 unspecified atom stereocenters. The van der Waals surface area contributed by atoms with Gasteiger partial charge in [-0.3, -0.25) is 9.59 Å². The summed E-state index contributed by atoms with van der Waals surface area (Å²) in [6, 6.07) is -1.09. The van der Waals surface area contributed by atoms with Crippen LogP contribution in [0.25, 0.3) is 0 Å². The molecule has 1 rings (SSSR count). The summed E-state index contributed by atoms with van der Waals surface area (Å²) in [6.45, 7) is 8.41. The zero-order valence-corrected chi connectivity index (χ0v) is 13.1. The van der Waals surface area contributed by atoms with Crippen LogP contribution in [0.2, 0.25) is 0 Å². The van der Waals surface area contributed by atoms with Gasteiger partial charge in [-0.05, 0) is 24.8 Å². The first-order chi connectivity index (χ1) is 9.46. The third-order valence-corrected chi connectivity index (χ3v) is 3.34. The van der Waals surface area contributed by atoms with Crippen LogP contribution in [0.3, 0.4) is 0 Å². The van der Waals surface area contributed by atoms with E-state index >= 15 is 0 Å². The van der Waals surface area contributed by atoms with Gasteiger partial charge in [-0.25, -0.2) is 9.48 Å². The van der Waals surface area contributed by atoms with Gasteiger partial charge in [-0.15, -0.1) is 0 Å². The van der Waals surface area contributed by atoms with E-state index in [2.05, 4.69) is 10.4 Å². The van der Waals surface area contributed by atoms with E-state index in [0.29, 0.717) is 11.3 Å². The van der Waals surface area contributed by atoms with E-state index in [1.165, 1.54) is 7.05 Å². The van der Waals surface area contributed by atoms with Crippen molar-refractivity contribution in [2.45, 2.75) is 40.7 Å². The highest BCUT2D eigenvalue weighted by atomic mass is 16.4. The van der Waals surface area contributed by atoms with Crippen LogP contribution < -0.4 is 10.9 Å². The van der Waals surface area contributed by atoms with Gasteiger partial charge in [-0.2, -0.15) is 5.10 Å². The molecule has 1 amide bonds. The van der Waals surface area contributed by atoms with Crippen molar-refractivity contribution >= 4 is 11.9 Å². The van der Waals surface area contributed by atoms with Crippen molar-refractivity contribution in [2.24, 2.45) is 12.5 Å². The molecule has 1 aromatic rings. The third kappa shape index (κ3) is 3.48. The van der Waals surface area contributed by atoms with E-state index in [9.17, 15) is 19.5 Å². The summed E-state index contributed by atoms with van der Waals surface area (Å²) in [6.07, 6.45) is 0. The molecule has 0 aliphatic rings. The fourth-order valence-electron chi connectivity index (χ4n) is 1.97. The Morgan fingerprint density at radius 1 is 1.29 bits per heavy atom. The van der Waals surface area contributed by atoms with Crippen LogP contribution in [0.15, 0.2) is 4.79 Å². The fourth-order valence-corrected chi connectivity index (χ4v) is 1.97. The van der Waals surface area contributed by atoms with Crippen molar-refractivity contribution in [3.8, 4) is 0 Å². The second kappa shape index (κ2) is 5.67. The van der Waals surface area contributed by atoms with Crippen LogP contribution in [0.5, 0.6) is 0 Å². The molecule has 7 heteroatoms. The largest absolute Gasteiger partial charge is 0.480 e. The number of carboxylic acids is 1. The molecule has 0 aliphatic heterocycles. The average Bonchev–Trinajstić information content (AvgIpc) is 2.32. The normalized spacial score (nSPS) is 12.9. The van der Waals surface area contributed by atoms with Crippen LogP contribution in [0.4, 0.5) is 0 Å². The van der Waals surface area contributed by atoms with Gasteiger partial charge in [0.05, 0.1) is 5.69 Å². The topological polar surface area (TPSA) is 101 Å². The summed E-state index contributed by atoms with van der Waals surface area (Å²) in [5.41, 5.74) is -0.296. The predicted molar refractivity (Wildman–Crippen MR) is 77.3 cm³/mol. The number of carbonyl (C=O) groups is 2. The Bertz CT molecular complexity index is 641. The highest BCUT2D eigenvalue weighted by molar-refractivity contribution is 5.97. The van der Waals surface area contributed by atoms with Gasteiger partial charge in [0.25, 0.3) is 11.5 Å². The molecule has 0 aliphatic carbocycles. The van der Waals surface area contributed by atoms with Crippen molar-refractivity contribution < 1.29 is 14.7 Å². The molecular weight excluding hydrogens is 274 g/mol. The second-order valence-electron chi connectivity index (χ2n) is 6.12. The third-order valence-electron chi connectivity index (χ3n) is 3.34. The Balaban J connectivity index is 3.28. The maximum absolute atomic E-state index is 12.3. The summed E-state index contributed by atoms with van der Waals surface area (Å²) in [5.74, 6) is -1.84. The number of carbonyl (C=O) groups excluding carboxylic acids is 1. The lowest BCUT2D eigenvalue weighted by atomic mass is 9.86. The van der Waals surface area contributed by atoms with E-state index in [1.807, 2.05) is 0 Å². The minimum atomic E-state index is -1.14. The average molecular weight is 295 g/mol. The molecular formula is C14H21N3O4. The molecule has 21 heavy (non-hydrogen) atoms. The number of carboxylic acid groups (broad SMARTS) is 1. The highest BCUT2D eigenvalue weighted by Crippen LogP contribution is 2.20. The highest BCUT2D eigenvalue weighted by Gasteiger charge is 2.34. The maximum Gasteiger partial charge on any atom is 0.326 e. The minimum absolute atomic E-state index is 0.0690. The van der Waals surface area contributed by atoms with Gasteiger partial charge in [-0.1, -0.05) is 20.8 Å². The number of hydrogen-bond acceptors (Lipinski definition) is 4. The molecule has 0 saturated heterocycles. The molecule has 0 aromatic carbocycles. The Hall–Kier alpha value is -2.18. The smallest absolute Gasteiger partial charge is 0.326 e. The van der Waals surface area contributed by atoms with E-state index in [4.69, 9.17) is 0 Å². The Kier molecular flexibility index (Phi) is 4.56. The van der Waals surface area contributed by atoms with Gasteiger partial charge in [0, 0.05) is 7.05 Å². The van der Waals surface area contributed by atoms with Crippen LogP contribution in [-0.2, 0) is 11.8 Å². The molecule has 0 spiro atoms. The quantitative estimate of drug-likeness (QED) is 0.851. The number of aliphatic carboxylic acids is 1. The summed E-state index contributed by atoms with van der Waals surface area (Å²) < 4.78 is 1.07. The number of aryl methyl sites for hydroxylation is 2. The summed E-state index contributed by atoms with van der Waals surface area (Å²) in [5, 5.41) is 15.7. The standard InChI is InChI=1S/C14H21N3O4/c1-7-8(2)16-17(6)12(19)9(7)11(18)15-10(13(20)21)14(3,4)5/h10H,1-6H3,(H,15,18)(H,20,21)/t10-/m1/s1. The molecule has 0 fully saturated rings. The number of aromatic nitrogens is 2. The molecule has 116 valence electrons. The van der Waals surface area contributed by atoms with E-state index in [0.717, 1.165) is 4.68 Å². The molecule has 1 atom stereocenters. The summed E-state index contributed by atoms with van der Waals surface area (Å²) in [7, 11) is 1.45. The van der Waals surface area contributed by atoms with E-state index in [1.54, 1.807) is 34.6 Å². The number of nitrogens with one attached hydrogen (secondary N) is 1. The molecule has 0 radical (unpaired) electrons. The van der Waals surface area contributed by atoms with Gasteiger partial charge >= 0.3 is 5.97 Å². The number of nitrogens with zero attached hydrogens (tertiary/aromatic N) is 2. The Morgan fingerprint density at radius 2 is 1.81 bits per heavy atom. The van der Waals surface area contributed by atoms with Gasteiger partial charge in [0.2, 0.25) is 0 Å². The lowest BCUT2D eigenvalue weighted by Crippen LogP contribution is -2.50. The number of amides is 1. The molecule has 0 saturated carbocycles.